The van der Waals surface area contributed by atoms with Gasteiger partial charge in [-0.25, -0.2) is 9.97 Å². The third kappa shape index (κ3) is 3.28. The standard InChI is InChI=1S/C31H29N3O/c1-18(2)21-11-8-12-22(19(3)4)28(21)34-25-13-9-17-32-30(25)33-31(34)24-16-15-20(5)27-23-10-6-7-14-26(23)35-29(24)27/h6-19H,1-5H3. The molecule has 0 saturated heterocycles. The lowest BCUT2D eigenvalue weighted by Gasteiger charge is -2.22. The molecule has 4 heteroatoms. The van der Waals surface area contributed by atoms with Crippen LogP contribution in [0.15, 0.2) is 77.3 Å². The molecule has 0 unspecified atom stereocenters. The highest BCUT2D eigenvalue weighted by Gasteiger charge is 2.25. The SMILES string of the molecule is Cc1ccc(-c2nc3ncccc3n2-c2c(C(C)C)cccc2C(C)C)c2oc3ccccc3c12. The zero-order chi connectivity index (χ0) is 24.3. The van der Waals surface area contributed by atoms with E-state index in [9.17, 15) is 0 Å². The number of hydrogen-bond donors (Lipinski definition) is 0. The van der Waals surface area contributed by atoms with E-state index < -0.39 is 0 Å². The molecule has 0 saturated carbocycles. The van der Waals surface area contributed by atoms with Gasteiger partial charge in [0.25, 0.3) is 0 Å². The van der Waals surface area contributed by atoms with E-state index in [2.05, 4.69) is 92.7 Å². The molecule has 3 aromatic heterocycles. The van der Waals surface area contributed by atoms with Gasteiger partial charge in [-0.05, 0) is 59.7 Å². The second-order valence-corrected chi connectivity index (χ2v) is 9.94. The topological polar surface area (TPSA) is 43.9 Å². The zero-order valence-electron chi connectivity index (χ0n) is 20.8. The highest BCUT2D eigenvalue weighted by atomic mass is 16.3. The number of nitrogens with zero attached hydrogens (tertiary/aromatic N) is 3. The Morgan fingerprint density at radius 3 is 2.29 bits per heavy atom. The predicted molar refractivity (Wildman–Crippen MR) is 144 cm³/mol. The summed E-state index contributed by atoms with van der Waals surface area (Å²) in [6.07, 6.45) is 1.81. The summed E-state index contributed by atoms with van der Waals surface area (Å²) >= 11 is 0. The van der Waals surface area contributed by atoms with Gasteiger partial charge in [0.05, 0.1) is 16.8 Å². The van der Waals surface area contributed by atoms with Crippen molar-refractivity contribution in [2.24, 2.45) is 0 Å². The average molecular weight is 460 g/mol. The van der Waals surface area contributed by atoms with Crippen LogP contribution in [-0.4, -0.2) is 14.5 Å². The fourth-order valence-corrected chi connectivity index (χ4v) is 5.26. The predicted octanol–water partition coefficient (Wildman–Crippen LogP) is 8.54. The Balaban J connectivity index is 1.78. The smallest absolute Gasteiger partial charge is 0.178 e. The molecule has 0 spiro atoms. The molecule has 0 bridgehead atoms. The molecule has 35 heavy (non-hydrogen) atoms. The second kappa shape index (κ2) is 8.09. The lowest BCUT2D eigenvalue weighted by atomic mass is 9.92. The summed E-state index contributed by atoms with van der Waals surface area (Å²) in [5.41, 5.74) is 9.48. The van der Waals surface area contributed by atoms with Gasteiger partial charge < -0.3 is 4.42 Å². The third-order valence-corrected chi connectivity index (χ3v) is 6.97. The Morgan fingerprint density at radius 2 is 1.54 bits per heavy atom. The van der Waals surface area contributed by atoms with Crippen LogP contribution in [0.3, 0.4) is 0 Å². The van der Waals surface area contributed by atoms with Gasteiger partial charge in [0.15, 0.2) is 11.5 Å². The molecule has 0 radical (unpaired) electrons. The van der Waals surface area contributed by atoms with Crippen molar-refractivity contribution in [3.63, 3.8) is 0 Å². The Kier molecular flexibility index (Phi) is 4.99. The van der Waals surface area contributed by atoms with Crippen LogP contribution in [0, 0.1) is 6.92 Å². The molecule has 0 aliphatic heterocycles. The minimum absolute atomic E-state index is 0.356. The van der Waals surface area contributed by atoms with E-state index in [1.807, 2.05) is 24.4 Å². The lowest BCUT2D eigenvalue weighted by molar-refractivity contribution is 0.669. The minimum Gasteiger partial charge on any atom is -0.455 e. The van der Waals surface area contributed by atoms with Crippen LogP contribution < -0.4 is 0 Å². The Morgan fingerprint density at radius 1 is 0.800 bits per heavy atom. The minimum atomic E-state index is 0.356. The Bertz CT molecular complexity index is 1690. The van der Waals surface area contributed by atoms with Gasteiger partial charge in [-0.3, -0.25) is 4.57 Å². The number of fused-ring (bicyclic) bond motifs is 4. The van der Waals surface area contributed by atoms with Gasteiger partial charge in [-0.1, -0.05) is 70.2 Å². The summed E-state index contributed by atoms with van der Waals surface area (Å²) < 4.78 is 8.80. The van der Waals surface area contributed by atoms with Gasteiger partial charge in [-0.15, -0.1) is 0 Å². The Hall–Kier alpha value is -3.92. The summed E-state index contributed by atoms with van der Waals surface area (Å²) in [5, 5.41) is 2.28. The fraction of sp³-hybridized carbons (Fsp3) is 0.226. The van der Waals surface area contributed by atoms with Crippen molar-refractivity contribution in [2.75, 3.05) is 0 Å². The second-order valence-electron chi connectivity index (χ2n) is 9.94. The number of aromatic nitrogens is 3. The molecule has 3 aromatic carbocycles. The lowest BCUT2D eigenvalue weighted by Crippen LogP contribution is -2.08. The van der Waals surface area contributed by atoms with Crippen LogP contribution in [0.4, 0.5) is 0 Å². The van der Waals surface area contributed by atoms with Crippen molar-refractivity contribution < 1.29 is 4.42 Å². The van der Waals surface area contributed by atoms with E-state index >= 15 is 0 Å². The molecule has 0 aliphatic carbocycles. The number of imidazole rings is 1. The molecule has 0 N–H and O–H groups in total. The van der Waals surface area contributed by atoms with Crippen LogP contribution in [0.2, 0.25) is 0 Å². The van der Waals surface area contributed by atoms with Crippen LogP contribution in [-0.2, 0) is 0 Å². The quantitative estimate of drug-likeness (QED) is 0.265. The van der Waals surface area contributed by atoms with Crippen LogP contribution in [0.25, 0.3) is 50.2 Å². The van der Waals surface area contributed by atoms with E-state index in [1.165, 1.54) is 22.4 Å². The van der Waals surface area contributed by atoms with Crippen LogP contribution >= 0.6 is 0 Å². The van der Waals surface area contributed by atoms with Crippen molar-refractivity contribution in [2.45, 2.75) is 46.5 Å². The van der Waals surface area contributed by atoms with Gasteiger partial charge in [0, 0.05) is 17.0 Å². The molecule has 174 valence electrons. The van der Waals surface area contributed by atoms with E-state index in [-0.39, 0.29) is 0 Å². The summed E-state index contributed by atoms with van der Waals surface area (Å²) in [6, 6.07) is 23.3. The molecule has 0 atom stereocenters. The van der Waals surface area contributed by atoms with Gasteiger partial charge in [0.2, 0.25) is 0 Å². The first-order valence-corrected chi connectivity index (χ1v) is 12.3. The molecule has 4 nitrogen and oxygen atoms in total. The van der Waals surface area contributed by atoms with E-state index in [1.54, 1.807) is 0 Å². The summed E-state index contributed by atoms with van der Waals surface area (Å²) in [6.45, 7) is 11.2. The normalized spacial score (nSPS) is 12.1. The fourth-order valence-electron chi connectivity index (χ4n) is 5.26. The van der Waals surface area contributed by atoms with Gasteiger partial charge in [0.1, 0.15) is 11.2 Å². The van der Waals surface area contributed by atoms with Crippen LogP contribution in [0.5, 0.6) is 0 Å². The first kappa shape index (κ1) is 21.6. The highest BCUT2D eigenvalue weighted by molar-refractivity contribution is 6.11. The summed E-state index contributed by atoms with van der Waals surface area (Å²) in [5.74, 6) is 1.57. The number of benzene rings is 3. The van der Waals surface area contributed by atoms with Gasteiger partial charge >= 0.3 is 0 Å². The third-order valence-electron chi connectivity index (χ3n) is 6.97. The van der Waals surface area contributed by atoms with Crippen LogP contribution in [0.1, 0.15) is 56.2 Å². The number of furan rings is 1. The number of hydrogen-bond acceptors (Lipinski definition) is 3. The molecule has 6 aromatic rings. The number of pyridine rings is 1. The molecule has 6 rings (SSSR count). The highest BCUT2D eigenvalue weighted by Crippen LogP contribution is 2.41. The maximum absolute atomic E-state index is 6.49. The molecular weight excluding hydrogens is 430 g/mol. The molecule has 3 heterocycles. The van der Waals surface area contributed by atoms with E-state index in [0.29, 0.717) is 11.8 Å². The number of para-hydroxylation sites is 2. The monoisotopic (exact) mass is 459 g/mol. The first-order chi connectivity index (χ1) is 17.0. The maximum Gasteiger partial charge on any atom is 0.178 e. The largest absolute Gasteiger partial charge is 0.455 e. The van der Waals surface area contributed by atoms with Gasteiger partial charge in [-0.2, -0.15) is 0 Å². The molecule has 0 amide bonds. The zero-order valence-corrected chi connectivity index (χ0v) is 20.8. The van der Waals surface area contributed by atoms with Crippen molar-refractivity contribution in [1.29, 1.82) is 0 Å². The first-order valence-electron chi connectivity index (χ1n) is 12.3. The average Bonchev–Trinajstić information content (AvgIpc) is 3.43. The maximum atomic E-state index is 6.49. The summed E-state index contributed by atoms with van der Waals surface area (Å²) in [4.78, 5) is 9.74. The van der Waals surface area contributed by atoms with Crippen molar-refractivity contribution in [3.8, 4) is 17.1 Å². The van der Waals surface area contributed by atoms with Crippen molar-refractivity contribution >= 4 is 33.1 Å². The number of aryl methyl sites for hydroxylation is 1. The van der Waals surface area contributed by atoms with E-state index in [0.717, 1.165) is 44.5 Å². The summed E-state index contributed by atoms with van der Waals surface area (Å²) in [7, 11) is 0. The van der Waals surface area contributed by atoms with Crippen molar-refractivity contribution in [1.82, 2.24) is 14.5 Å². The van der Waals surface area contributed by atoms with Crippen molar-refractivity contribution in [3.05, 3.63) is 89.6 Å². The molecule has 0 fully saturated rings. The molecular formula is C31H29N3O. The van der Waals surface area contributed by atoms with E-state index in [4.69, 9.17) is 9.40 Å². The number of rotatable bonds is 4. The Labute approximate surface area is 205 Å². The molecule has 0 aliphatic rings.